The highest BCUT2D eigenvalue weighted by molar-refractivity contribution is 9.10. The second kappa shape index (κ2) is 5.78. The first-order valence-corrected chi connectivity index (χ1v) is 6.93. The van der Waals surface area contributed by atoms with Gasteiger partial charge >= 0.3 is 0 Å². The van der Waals surface area contributed by atoms with Gasteiger partial charge in [-0.2, -0.15) is 0 Å². The molecule has 1 unspecified atom stereocenters. The lowest BCUT2D eigenvalue weighted by molar-refractivity contribution is 0.327. The second-order valence-corrected chi connectivity index (χ2v) is 5.49. The summed E-state index contributed by atoms with van der Waals surface area (Å²) in [5.74, 6) is 1.69. The molecule has 1 saturated heterocycles. The molecule has 0 aliphatic carbocycles. The average Bonchev–Trinajstić information content (AvgIpc) is 2.67. The Hall–Kier alpha value is -0.680. The van der Waals surface area contributed by atoms with E-state index in [1.54, 1.807) is 0 Å². The van der Waals surface area contributed by atoms with E-state index in [0.717, 1.165) is 22.8 Å². The number of halogens is 1. The molecule has 0 saturated carbocycles. The third-order valence-corrected chi connectivity index (χ3v) is 3.34. The third kappa shape index (κ3) is 3.92. The monoisotopic (exact) mass is 298 g/mol. The van der Waals surface area contributed by atoms with Crippen LogP contribution in [0.2, 0.25) is 0 Å². The Kier molecular flexibility index (Phi) is 4.34. The normalized spacial score (nSPS) is 18.3. The number of nitrogens with zero attached hydrogens (tertiary/aromatic N) is 3. The van der Waals surface area contributed by atoms with Gasteiger partial charge in [0.15, 0.2) is 0 Å². The van der Waals surface area contributed by atoms with Gasteiger partial charge in [-0.1, -0.05) is 0 Å². The highest BCUT2D eigenvalue weighted by Crippen LogP contribution is 2.14. The van der Waals surface area contributed by atoms with Crippen molar-refractivity contribution in [1.82, 2.24) is 14.9 Å². The maximum Gasteiger partial charge on any atom is 0.131 e. The minimum Gasteiger partial charge on any atom is -0.366 e. The maximum absolute atomic E-state index is 4.38. The van der Waals surface area contributed by atoms with Gasteiger partial charge in [0.2, 0.25) is 0 Å². The molecule has 1 aliphatic heterocycles. The topological polar surface area (TPSA) is 41.1 Å². The van der Waals surface area contributed by atoms with E-state index in [9.17, 15) is 0 Å². The molecular formula is C12H19BrN4. The SMILES string of the molecule is Cc1nc(Br)cc(NC(C)CN2CCCC2)n1. The molecule has 17 heavy (non-hydrogen) atoms. The van der Waals surface area contributed by atoms with Crippen LogP contribution in [-0.4, -0.2) is 40.5 Å². The fraction of sp³-hybridized carbons (Fsp3) is 0.667. The fourth-order valence-corrected chi connectivity index (χ4v) is 2.73. The zero-order chi connectivity index (χ0) is 12.3. The van der Waals surface area contributed by atoms with Gasteiger partial charge in [0.25, 0.3) is 0 Å². The molecule has 0 amide bonds. The number of anilines is 1. The van der Waals surface area contributed by atoms with Crippen LogP contribution in [0.4, 0.5) is 5.82 Å². The predicted octanol–water partition coefficient (Wildman–Crippen LogP) is 2.44. The third-order valence-electron chi connectivity index (χ3n) is 2.93. The summed E-state index contributed by atoms with van der Waals surface area (Å²) in [6.07, 6.45) is 2.68. The summed E-state index contributed by atoms with van der Waals surface area (Å²) in [5.41, 5.74) is 0. The Balaban J connectivity index is 1.90. The summed E-state index contributed by atoms with van der Waals surface area (Å²) < 4.78 is 0.834. The summed E-state index contributed by atoms with van der Waals surface area (Å²) in [6.45, 7) is 7.66. The highest BCUT2D eigenvalue weighted by Gasteiger charge is 2.14. The van der Waals surface area contributed by atoms with Crippen LogP contribution >= 0.6 is 15.9 Å². The number of aryl methyl sites for hydroxylation is 1. The minimum absolute atomic E-state index is 0.411. The molecule has 0 radical (unpaired) electrons. The fourth-order valence-electron chi connectivity index (χ4n) is 2.26. The zero-order valence-electron chi connectivity index (χ0n) is 10.4. The van der Waals surface area contributed by atoms with Crippen LogP contribution in [0, 0.1) is 6.92 Å². The Morgan fingerprint density at radius 3 is 2.76 bits per heavy atom. The smallest absolute Gasteiger partial charge is 0.131 e. The van der Waals surface area contributed by atoms with E-state index in [4.69, 9.17) is 0 Å². The first-order chi connectivity index (χ1) is 8.13. The van der Waals surface area contributed by atoms with E-state index in [0.29, 0.717) is 6.04 Å². The van der Waals surface area contributed by atoms with Crippen molar-refractivity contribution in [3.8, 4) is 0 Å². The van der Waals surface area contributed by atoms with Crippen molar-refractivity contribution < 1.29 is 0 Å². The van der Waals surface area contributed by atoms with E-state index in [1.165, 1.54) is 25.9 Å². The van der Waals surface area contributed by atoms with Crippen molar-refractivity contribution in [2.24, 2.45) is 0 Å². The summed E-state index contributed by atoms with van der Waals surface area (Å²) in [5, 5.41) is 3.43. The summed E-state index contributed by atoms with van der Waals surface area (Å²) in [7, 11) is 0. The molecule has 2 rings (SSSR count). The number of rotatable bonds is 4. The van der Waals surface area contributed by atoms with Crippen molar-refractivity contribution in [1.29, 1.82) is 0 Å². The molecule has 1 aromatic rings. The molecule has 4 nitrogen and oxygen atoms in total. The summed E-state index contributed by atoms with van der Waals surface area (Å²) in [6, 6.07) is 2.34. The highest BCUT2D eigenvalue weighted by atomic mass is 79.9. The van der Waals surface area contributed by atoms with Crippen LogP contribution in [0.25, 0.3) is 0 Å². The lowest BCUT2D eigenvalue weighted by Gasteiger charge is -2.21. The standard InChI is InChI=1S/C12H19BrN4/c1-9(8-17-5-3-4-6-17)14-12-7-11(13)15-10(2)16-12/h7,9H,3-6,8H2,1-2H3,(H,14,15,16). The van der Waals surface area contributed by atoms with E-state index >= 15 is 0 Å². The number of likely N-dealkylation sites (tertiary alicyclic amines) is 1. The Labute approximate surface area is 111 Å². The molecule has 1 aromatic heterocycles. The Morgan fingerprint density at radius 1 is 1.41 bits per heavy atom. The van der Waals surface area contributed by atoms with Crippen LogP contribution in [0.3, 0.4) is 0 Å². The minimum atomic E-state index is 0.411. The van der Waals surface area contributed by atoms with Gasteiger partial charge in [0, 0.05) is 18.7 Å². The predicted molar refractivity (Wildman–Crippen MR) is 73.2 cm³/mol. The maximum atomic E-state index is 4.38. The van der Waals surface area contributed by atoms with Gasteiger partial charge in [0.05, 0.1) is 0 Å². The van der Waals surface area contributed by atoms with Gasteiger partial charge in [0.1, 0.15) is 16.2 Å². The molecule has 0 spiro atoms. The van der Waals surface area contributed by atoms with Crippen molar-refractivity contribution in [2.45, 2.75) is 32.7 Å². The van der Waals surface area contributed by atoms with Crippen molar-refractivity contribution in [3.05, 3.63) is 16.5 Å². The van der Waals surface area contributed by atoms with Gasteiger partial charge in [-0.3, -0.25) is 0 Å². The first kappa shape index (κ1) is 12.8. The number of hydrogen-bond donors (Lipinski definition) is 1. The zero-order valence-corrected chi connectivity index (χ0v) is 12.0. The van der Waals surface area contributed by atoms with Crippen LogP contribution in [0.5, 0.6) is 0 Å². The van der Waals surface area contributed by atoms with Gasteiger partial charge < -0.3 is 10.2 Å². The van der Waals surface area contributed by atoms with Crippen LogP contribution in [-0.2, 0) is 0 Å². The number of hydrogen-bond acceptors (Lipinski definition) is 4. The second-order valence-electron chi connectivity index (χ2n) is 4.68. The lowest BCUT2D eigenvalue weighted by Crippen LogP contribution is -2.33. The molecule has 0 bridgehead atoms. The van der Waals surface area contributed by atoms with E-state index in [-0.39, 0.29) is 0 Å². The van der Waals surface area contributed by atoms with Crippen LogP contribution in [0.15, 0.2) is 10.7 Å². The van der Waals surface area contributed by atoms with E-state index in [2.05, 4.69) is 43.0 Å². The largest absolute Gasteiger partial charge is 0.366 e. The van der Waals surface area contributed by atoms with Gasteiger partial charge in [-0.25, -0.2) is 9.97 Å². The molecular weight excluding hydrogens is 280 g/mol. The lowest BCUT2D eigenvalue weighted by atomic mass is 10.3. The van der Waals surface area contributed by atoms with Crippen LogP contribution < -0.4 is 5.32 Å². The number of aromatic nitrogens is 2. The van der Waals surface area contributed by atoms with Gasteiger partial charge in [-0.05, 0) is 55.7 Å². The molecule has 1 aliphatic rings. The first-order valence-electron chi connectivity index (χ1n) is 6.13. The molecule has 2 heterocycles. The van der Waals surface area contributed by atoms with Crippen molar-refractivity contribution in [2.75, 3.05) is 25.0 Å². The molecule has 1 atom stereocenters. The summed E-state index contributed by atoms with van der Waals surface area (Å²) >= 11 is 3.39. The molecule has 94 valence electrons. The van der Waals surface area contributed by atoms with Crippen LogP contribution in [0.1, 0.15) is 25.6 Å². The van der Waals surface area contributed by atoms with E-state index < -0.39 is 0 Å². The van der Waals surface area contributed by atoms with Crippen molar-refractivity contribution >= 4 is 21.7 Å². The molecule has 1 N–H and O–H groups in total. The molecule has 0 aromatic carbocycles. The number of nitrogens with one attached hydrogen (secondary N) is 1. The quantitative estimate of drug-likeness (QED) is 0.867. The van der Waals surface area contributed by atoms with Gasteiger partial charge in [-0.15, -0.1) is 0 Å². The summed E-state index contributed by atoms with van der Waals surface area (Å²) in [4.78, 5) is 11.1. The molecule has 1 fully saturated rings. The average molecular weight is 299 g/mol. The van der Waals surface area contributed by atoms with Crippen molar-refractivity contribution in [3.63, 3.8) is 0 Å². The van der Waals surface area contributed by atoms with E-state index in [1.807, 2.05) is 13.0 Å². The Morgan fingerprint density at radius 2 is 2.12 bits per heavy atom. The Bertz CT molecular complexity index is 357. The molecule has 5 heteroatoms.